The van der Waals surface area contributed by atoms with Gasteiger partial charge in [-0.1, -0.05) is 0 Å². The SMILES string of the molecule is CC(=O)O.Fc1ccc(N2CCCNCC2)cc1. The van der Waals surface area contributed by atoms with Crippen LogP contribution in [0.1, 0.15) is 13.3 Å². The first-order valence-electron chi connectivity index (χ1n) is 6.00. The molecule has 1 fully saturated rings. The molecule has 5 heteroatoms. The lowest BCUT2D eigenvalue weighted by molar-refractivity contribution is -0.134. The Bertz CT molecular complexity index is 356. The number of nitrogens with one attached hydrogen (secondary N) is 1. The van der Waals surface area contributed by atoms with Crippen LogP contribution in [0.5, 0.6) is 0 Å². The molecule has 0 spiro atoms. The van der Waals surface area contributed by atoms with Gasteiger partial charge in [-0.25, -0.2) is 4.39 Å². The van der Waals surface area contributed by atoms with Crippen molar-refractivity contribution in [3.05, 3.63) is 30.1 Å². The van der Waals surface area contributed by atoms with E-state index in [4.69, 9.17) is 9.90 Å². The Hall–Kier alpha value is -1.62. The van der Waals surface area contributed by atoms with E-state index < -0.39 is 5.97 Å². The second-order valence-corrected chi connectivity index (χ2v) is 4.09. The van der Waals surface area contributed by atoms with Crippen LogP contribution < -0.4 is 10.2 Å². The normalized spacial score (nSPS) is 15.3. The van der Waals surface area contributed by atoms with E-state index in [1.165, 1.54) is 12.1 Å². The van der Waals surface area contributed by atoms with Gasteiger partial charge in [-0.3, -0.25) is 4.79 Å². The lowest BCUT2D eigenvalue weighted by atomic mass is 10.2. The maximum absolute atomic E-state index is 12.7. The average molecular weight is 254 g/mol. The van der Waals surface area contributed by atoms with Gasteiger partial charge in [0.1, 0.15) is 5.82 Å². The molecule has 1 aromatic carbocycles. The first-order valence-corrected chi connectivity index (χ1v) is 6.00. The second-order valence-electron chi connectivity index (χ2n) is 4.09. The molecule has 0 radical (unpaired) electrons. The maximum atomic E-state index is 12.7. The van der Waals surface area contributed by atoms with E-state index in [2.05, 4.69) is 10.2 Å². The monoisotopic (exact) mass is 254 g/mol. The standard InChI is InChI=1S/C11H15FN2.C2H4O2/c12-10-2-4-11(5-3-10)14-8-1-6-13-7-9-14;1-2(3)4/h2-5,13H,1,6-9H2;1H3,(H,3,4). The molecule has 2 rings (SSSR count). The van der Waals surface area contributed by atoms with Gasteiger partial charge in [0, 0.05) is 32.2 Å². The Morgan fingerprint density at radius 2 is 1.89 bits per heavy atom. The van der Waals surface area contributed by atoms with Crippen molar-refractivity contribution >= 4 is 11.7 Å². The Kier molecular flexibility index (Phi) is 6.14. The molecule has 1 saturated heterocycles. The summed E-state index contributed by atoms with van der Waals surface area (Å²) in [5.74, 6) is -0.998. The highest BCUT2D eigenvalue weighted by molar-refractivity contribution is 5.62. The summed E-state index contributed by atoms with van der Waals surface area (Å²) >= 11 is 0. The van der Waals surface area contributed by atoms with Crippen molar-refractivity contribution in [2.24, 2.45) is 0 Å². The molecule has 0 amide bonds. The van der Waals surface area contributed by atoms with E-state index in [9.17, 15) is 4.39 Å². The number of hydrogen-bond acceptors (Lipinski definition) is 3. The van der Waals surface area contributed by atoms with E-state index in [1.807, 2.05) is 12.1 Å². The molecule has 18 heavy (non-hydrogen) atoms. The summed E-state index contributed by atoms with van der Waals surface area (Å²) in [6.07, 6.45) is 1.15. The molecule has 4 nitrogen and oxygen atoms in total. The Morgan fingerprint density at radius 1 is 1.28 bits per heavy atom. The van der Waals surface area contributed by atoms with Crippen LogP contribution in [0, 0.1) is 5.82 Å². The van der Waals surface area contributed by atoms with Gasteiger partial charge in [-0.15, -0.1) is 0 Å². The molecule has 0 unspecified atom stereocenters. The summed E-state index contributed by atoms with van der Waals surface area (Å²) in [6, 6.07) is 6.74. The van der Waals surface area contributed by atoms with Gasteiger partial charge in [0.25, 0.3) is 5.97 Å². The maximum Gasteiger partial charge on any atom is 0.300 e. The van der Waals surface area contributed by atoms with Crippen LogP contribution in [0.4, 0.5) is 10.1 Å². The third-order valence-corrected chi connectivity index (χ3v) is 2.53. The summed E-state index contributed by atoms with van der Waals surface area (Å²) < 4.78 is 12.7. The quantitative estimate of drug-likeness (QED) is 0.801. The zero-order valence-electron chi connectivity index (χ0n) is 10.5. The van der Waals surface area contributed by atoms with Crippen molar-refractivity contribution in [2.45, 2.75) is 13.3 Å². The number of carboxylic acid groups (broad SMARTS) is 1. The predicted molar refractivity (Wildman–Crippen MR) is 69.4 cm³/mol. The van der Waals surface area contributed by atoms with Crippen molar-refractivity contribution in [3.63, 3.8) is 0 Å². The Balaban J connectivity index is 0.000000357. The van der Waals surface area contributed by atoms with Crippen LogP contribution in [0.15, 0.2) is 24.3 Å². The summed E-state index contributed by atoms with van der Waals surface area (Å²) in [5.41, 5.74) is 1.12. The van der Waals surface area contributed by atoms with Gasteiger partial charge in [0.15, 0.2) is 0 Å². The van der Waals surface area contributed by atoms with Gasteiger partial charge in [-0.2, -0.15) is 0 Å². The molecule has 1 aliphatic heterocycles. The van der Waals surface area contributed by atoms with Crippen molar-refractivity contribution in [1.82, 2.24) is 5.32 Å². The van der Waals surface area contributed by atoms with Gasteiger partial charge in [-0.05, 0) is 37.2 Å². The van der Waals surface area contributed by atoms with E-state index in [0.717, 1.165) is 45.2 Å². The zero-order valence-corrected chi connectivity index (χ0v) is 10.5. The van der Waals surface area contributed by atoms with Crippen molar-refractivity contribution < 1.29 is 14.3 Å². The topological polar surface area (TPSA) is 52.6 Å². The first kappa shape index (κ1) is 14.4. The molecule has 0 bridgehead atoms. The molecule has 0 atom stereocenters. The predicted octanol–water partition coefficient (Wildman–Crippen LogP) is 1.72. The van der Waals surface area contributed by atoms with E-state index in [0.29, 0.717) is 0 Å². The Labute approximate surface area is 106 Å². The first-order chi connectivity index (χ1) is 8.59. The van der Waals surface area contributed by atoms with E-state index in [-0.39, 0.29) is 5.82 Å². The number of rotatable bonds is 1. The van der Waals surface area contributed by atoms with Gasteiger partial charge < -0.3 is 15.3 Å². The number of halogens is 1. The number of aliphatic carboxylic acids is 1. The van der Waals surface area contributed by atoms with Crippen molar-refractivity contribution in [3.8, 4) is 0 Å². The lowest BCUT2D eigenvalue weighted by Gasteiger charge is -2.21. The van der Waals surface area contributed by atoms with Crippen LogP contribution >= 0.6 is 0 Å². The van der Waals surface area contributed by atoms with Crippen molar-refractivity contribution in [1.29, 1.82) is 0 Å². The van der Waals surface area contributed by atoms with Crippen LogP contribution in [0.2, 0.25) is 0 Å². The van der Waals surface area contributed by atoms with E-state index >= 15 is 0 Å². The highest BCUT2D eigenvalue weighted by Gasteiger charge is 2.08. The minimum atomic E-state index is -0.833. The number of nitrogens with zero attached hydrogens (tertiary/aromatic N) is 1. The number of carboxylic acids is 1. The molecule has 1 aromatic rings. The number of benzene rings is 1. The van der Waals surface area contributed by atoms with Gasteiger partial charge in [0.05, 0.1) is 0 Å². The van der Waals surface area contributed by atoms with Crippen molar-refractivity contribution in [2.75, 3.05) is 31.1 Å². The second kappa shape index (κ2) is 7.66. The highest BCUT2D eigenvalue weighted by Crippen LogP contribution is 2.15. The molecule has 0 aromatic heterocycles. The highest BCUT2D eigenvalue weighted by atomic mass is 19.1. The van der Waals surface area contributed by atoms with Crippen LogP contribution in [0.3, 0.4) is 0 Å². The van der Waals surface area contributed by atoms with Crippen LogP contribution in [-0.2, 0) is 4.79 Å². The molecule has 2 N–H and O–H groups in total. The summed E-state index contributed by atoms with van der Waals surface area (Å²) in [7, 11) is 0. The zero-order chi connectivity index (χ0) is 13.4. The summed E-state index contributed by atoms with van der Waals surface area (Å²) in [4.78, 5) is 11.3. The molecular formula is C13H19FN2O2. The molecule has 0 aliphatic carbocycles. The number of hydrogen-bond donors (Lipinski definition) is 2. The largest absolute Gasteiger partial charge is 0.481 e. The minimum absolute atomic E-state index is 0.165. The average Bonchev–Trinajstić information content (AvgIpc) is 2.58. The third kappa shape index (κ3) is 5.63. The number of anilines is 1. The molecule has 1 heterocycles. The molecule has 100 valence electrons. The Morgan fingerprint density at radius 3 is 2.50 bits per heavy atom. The van der Waals surface area contributed by atoms with E-state index in [1.54, 1.807) is 0 Å². The molecule has 0 saturated carbocycles. The van der Waals surface area contributed by atoms with Gasteiger partial charge >= 0.3 is 0 Å². The number of carbonyl (C=O) groups is 1. The summed E-state index contributed by atoms with van der Waals surface area (Å²) in [5, 5.41) is 10.8. The fourth-order valence-electron chi connectivity index (χ4n) is 1.76. The van der Waals surface area contributed by atoms with Crippen LogP contribution in [-0.4, -0.2) is 37.3 Å². The third-order valence-electron chi connectivity index (χ3n) is 2.53. The smallest absolute Gasteiger partial charge is 0.300 e. The fraction of sp³-hybridized carbons (Fsp3) is 0.462. The molecular weight excluding hydrogens is 235 g/mol. The fourth-order valence-corrected chi connectivity index (χ4v) is 1.76. The summed E-state index contributed by atoms with van der Waals surface area (Å²) in [6.45, 7) is 5.24. The van der Waals surface area contributed by atoms with Crippen LogP contribution in [0.25, 0.3) is 0 Å². The van der Waals surface area contributed by atoms with Gasteiger partial charge in [0.2, 0.25) is 0 Å². The lowest BCUT2D eigenvalue weighted by Crippen LogP contribution is -2.27. The molecule has 1 aliphatic rings. The minimum Gasteiger partial charge on any atom is -0.481 e.